The molecule has 164 valence electrons. The summed E-state index contributed by atoms with van der Waals surface area (Å²) in [5, 5.41) is 13.9. The maximum Gasteiger partial charge on any atom is 0.191 e. The first kappa shape index (κ1) is 21.3. The summed E-state index contributed by atoms with van der Waals surface area (Å²) in [5.41, 5.74) is 0.204. The van der Waals surface area contributed by atoms with Crippen LogP contribution in [0.4, 0.5) is 0 Å². The van der Waals surface area contributed by atoms with Crippen molar-refractivity contribution in [1.82, 2.24) is 25.4 Å². The van der Waals surface area contributed by atoms with Gasteiger partial charge in [0.15, 0.2) is 11.8 Å². The Morgan fingerprint density at radius 1 is 1.37 bits per heavy atom. The zero-order valence-corrected chi connectivity index (χ0v) is 19.0. The predicted molar refractivity (Wildman–Crippen MR) is 121 cm³/mol. The van der Waals surface area contributed by atoms with Gasteiger partial charge in [-0.15, -0.1) is 11.3 Å². The summed E-state index contributed by atoms with van der Waals surface area (Å²) in [6.07, 6.45) is 8.40. The van der Waals surface area contributed by atoms with Gasteiger partial charge in [-0.3, -0.25) is 4.99 Å². The van der Waals surface area contributed by atoms with Crippen molar-refractivity contribution in [3.8, 4) is 0 Å². The van der Waals surface area contributed by atoms with Crippen LogP contribution in [0.15, 0.2) is 22.5 Å². The molecule has 2 aromatic rings. The number of ether oxygens (including phenoxy) is 1. The maximum absolute atomic E-state index is 5.18. The Labute approximate surface area is 183 Å². The highest BCUT2D eigenvalue weighted by Gasteiger charge is 2.35. The van der Waals surface area contributed by atoms with Crippen LogP contribution < -0.4 is 10.6 Å². The molecule has 0 aromatic carbocycles. The SMILES string of the molecule is CCNC(=NCC1(c2cccs2)CCCCC1)NC1CCc2nc(COC)nn2C1. The van der Waals surface area contributed by atoms with Gasteiger partial charge in [-0.1, -0.05) is 25.3 Å². The van der Waals surface area contributed by atoms with Crippen molar-refractivity contribution in [3.63, 3.8) is 0 Å². The van der Waals surface area contributed by atoms with Gasteiger partial charge in [0.25, 0.3) is 0 Å². The molecule has 1 aliphatic heterocycles. The highest BCUT2D eigenvalue weighted by Crippen LogP contribution is 2.41. The average molecular weight is 431 g/mol. The number of hydrogen-bond acceptors (Lipinski definition) is 5. The fourth-order valence-electron chi connectivity index (χ4n) is 4.70. The lowest BCUT2D eigenvalue weighted by Gasteiger charge is -2.35. The Bertz CT molecular complexity index is 825. The number of fused-ring (bicyclic) bond motifs is 1. The molecule has 1 fully saturated rings. The smallest absolute Gasteiger partial charge is 0.191 e. The van der Waals surface area contributed by atoms with Crippen molar-refractivity contribution in [2.45, 2.75) is 76.5 Å². The van der Waals surface area contributed by atoms with Gasteiger partial charge in [0.2, 0.25) is 0 Å². The summed E-state index contributed by atoms with van der Waals surface area (Å²) in [4.78, 5) is 11.2. The van der Waals surface area contributed by atoms with E-state index in [2.05, 4.69) is 45.2 Å². The van der Waals surface area contributed by atoms with Crippen LogP contribution in [0.5, 0.6) is 0 Å². The van der Waals surface area contributed by atoms with E-state index in [0.717, 1.165) is 50.1 Å². The van der Waals surface area contributed by atoms with E-state index in [-0.39, 0.29) is 5.41 Å². The van der Waals surface area contributed by atoms with E-state index in [1.54, 1.807) is 7.11 Å². The number of guanidine groups is 1. The number of aromatic nitrogens is 3. The second kappa shape index (κ2) is 9.92. The number of rotatable bonds is 7. The van der Waals surface area contributed by atoms with Crippen molar-refractivity contribution < 1.29 is 4.74 Å². The van der Waals surface area contributed by atoms with Gasteiger partial charge in [-0.05, 0) is 37.6 Å². The molecule has 1 unspecified atom stereocenters. The van der Waals surface area contributed by atoms with E-state index in [9.17, 15) is 0 Å². The topological polar surface area (TPSA) is 76.4 Å². The van der Waals surface area contributed by atoms with Crippen molar-refractivity contribution in [1.29, 1.82) is 0 Å². The molecule has 8 heteroatoms. The van der Waals surface area contributed by atoms with Crippen LogP contribution >= 0.6 is 11.3 Å². The van der Waals surface area contributed by atoms with Gasteiger partial charge >= 0.3 is 0 Å². The second-order valence-electron chi connectivity index (χ2n) is 8.45. The highest BCUT2D eigenvalue weighted by atomic mass is 32.1. The maximum atomic E-state index is 5.18. The van der Waals surface area contributed by atoms with Crippen molar-refractivity contribution in [2.24, 2.45) is 4.99 Å². The Morgan fingerprint density at radius 3 is 2.97 bits per heavy atom. The van der Waals surface area contributed by atoms with Crippen LogP contribution in [0.3, 0.4) is 0 Å². The molecule has 0 saturated heterocycles. The Kier molecular flexibility index (Phi) is 7.04. The third-order valence-corrected chi connectivity index (χ3v) is 7.37. The van der Waals surface area contributed by atoms with Crippen LogP contribution in [0, 0.1) is 0 Å². The zero-order chi connectivity index (χ0) is 20.8. The molecule has 2 aromatic heterocycles. The number of methoxy groups -OCH3 is 1. The minimum atomic E-state index is 0.204. The van der Waals surface area contributed by atoms with Crippen LogP contribution in [0.25, 0.3) is 0 Å². The monoisotopic (exact) mass is 430 g/mol. The van der Waals surface area contributed by atoms with Crippen LogP contribution in [0.2, 0.25) is 0 Å². The molecular formula is C22H34N6OS. The van der Waals surface area contributed by atoms with Gasteiger partial charge in [0, 0.05) is 36.4 Å². The van der Waals surface area contributed by atoms with Crippen LogP contribution in [-0.4, -0.2) is 47.0 Å². The van der Waals surface area contributed by atoms with E-state index in [1.807, 2.05) is 16.0 Å². The summed E-state index contributed by atoms with van der Waals surface area (Å²) >= 11 is 1.89. The van der Waals surface area contributed by atoms with Crippen LogP contribution in [0.1, 0.15) is 62.0 Å². The number of nitrogens with zero attached hydrogens (tertiary/aromatic N) is 4. The molecule has 1 aliphatic carbocycles. The third-order valence-electron chi connectivity index (χ3n) is 6.25. The Morgan fingerprint density at radius 2 is 2.23 bits per heavy atom. The fourth-order valence-corrected chi connectivity index (χ4v) is 5.68. The lowest BCUT2D eigenvalue weighted by Crippen LogP contribution is -2.47. The van der Waals surface area contributed by atoms with E-state index >= 15 is 0 Å². The first-order valence-electron chi connectivity index (χ1n) is 11.2. The van der Waals surface area contributed by atoms with Gasteiger partial charge in [0.05, 0.1) is 13.1 Å². The molecule has 30 heavy (non-hydrogen) atoms. The van der Waals surface area contributed by atoms with E-state index in [0.29, 0.717) is 12.6 Å². The summed E-state index contributed by atoms with van der Waals surface area (Å²) in [7, 11) is 1.68. The van der Waals surface area contributed by atoms with E-state index < -0.39 is 0 Å². The summed E-state index contributed by atoms with van der Waals surface area (Å²) in [6, 6.07) is 4.78. The molecule has 4 rings (SSSR count). The predicted octanol–water partition coefficient (Wildman–Crippen LogP) is 3.26. The fraction of sp³-hybridized carbons (Fsp3) is 0.682. The summed E-state index contributed by atoms with van der Waals surface area (Å²) < 4.78 is 7.20. The molecule has 0 bridgehead atoms. The molecular weight excluding hydrogens is 396 g/mol. The molecule has 2 aliphatic rings. The van der Waals surface area contributed by atoms with Crippen molar-refractivity contribution in [3.05, 3.63) is 34.0 Å². The van der Waals surface area contributed by atoms with Gasteiger partial charge in [-0.2, -0.15) is 5.10 Å². The van der Waals surface area contributed by atoms with E-state index in [4.69, 9.17) is 9.73 Å². The minimum absolute atomic E-state index is 0.204. The van der Waals surface area contributed by atoms with E-state index in [1.165, 1.54) is 37.0 Å². The molecule has 0 radical (unpaired) electrons. The lowest BCUT2D eigenvalue weighted by atomic mass is 9.73. The van der Waals surface area contributed by atoms with Gasteiger partial charge in [0.1, 0.15) is 12.4 Å². The van der Waals surface area contributed by atoms with Crippen LogP contribution in [-0.2, 0) is 29.7 Å². The Hall–Kier alpha value is -1.93. The highest BCUT2D eigenvalue weighted by molar-refractivity contribution is 7.10. The minimum Gasteiger partial charge on any atom is -0.377 e. The Balaban J connectivity index is 1.44. The van der Waals surface area contributed by atoms with Crippen molar-refractivity contribution >= 4 is 17.3 Å². The first-order chi connectivity index (χ1) is 14.7. The molecule has 3 heterocycles. The molecule has 7 nitrogen and oxygen atoms in total. The summed E-state index contributed by atoms with van der Waals surface area (Å²) in [5.74, 6) is 2.74. The quantitative estimate of drug-likeness (QED) is 0.521. The second-order valence-corrected chi connectivity index (χ2v) is 9.40. The largest absolute Gasteiger partial charge is 0.377 e. The molecule has 1 atom stereocenters. The number of thiophene rings is 1. The third kappa shape index (κ3) is 4.86. The number of nitrogens with one attached hydrogen (secondary N) is 2. The average Bonchev–Trinajstić information content (AvgIpc) is 3.43. The molecule has 0 spiro atoms. The zero-order valence-electron chi connectivity index (χ0n) is 18.2. The molecule has 1 saturated carbocycles. The number of hydrogen-bond donors (Lipinski definition) is 2. The number of aliphatic imine (C=N–C) groups is 1. The molecule has 0 amide bonds. The molecule has 2 N–H and O–H groups in total. The lowest BCUT2D eigenvalue weighted by molar-refractivity contribution is 0.177. The van der Waals surface area contributed by atoms with Gasteiger partial charge in [-0.25, -0.2) is 9.67 Å². The number of aryl methyl sites for hydroxylation is 1. The normalized spacial score (nSPS) is 21.3. The first-order valence-corrected chi connectivity index (χ1v) is 12.1. The summed E-state index contributed by atoms with van der Waals surface area (Å²) in [6.45, 7) is 5.11. The van der Waals surface area contributed by atoms with Crippen molar-refractivity contribution in [2.75, 3.05) is 20.2 Å². The standard InChI is InChI=1S/C22H34N6OS/c1-3-23-21(24-16-22(11-5-4-6-12-22)18-8-7-13-30-18)25-17-9-10-20-26-19(15-29-2)27-28(20)14-17/h7-8,13,17H,3-6,9-12,14-16H2,1-2H3,(H2,23,24,25). The van der Waals surface area contributed by atoms with Gasteiger partial charge < -0.3 is 15.4 Å².